The summed E-state index contributed by atoms with van der Waals surface area (Å²) in [4.78, 5) is 1.26. The van der Waals surface area contributed by atoms with Gasteiger partial charge in [0.25, 0.3) is 0 Å². The molecule has 1 saturated carbocycles. The van der Waals surface area contributed by atoms with E-state index in [1.165, 1.54) is 21.6 Å². The standard InChI is InChI=1S/C23H31NO3S/c24-23(16-25)8-7-20(14-23)18-3-4-19-13-21(6-5-17(19)12-18)27-10-9-26-15-22-2-1-11-28-22/h1-4,11-12,20-21,25H,5-10,13-16,24H2/t20-,21+,23+/m0/s1. The van der Waals surface area contributed by atoms with E-state index in [0.29, 0.717) is 31.8 Å². The number of benzene rings is 1. The molecule has 0 spiro atoms. The number of aliphatic hydroxyl groups excluding tert-OH is 1. The van der Waals surface area contributed by atoms with E-state index in [9.17, 15) is 5.11 Å². The van der Waals surface area contributed by atoms with Crippen molar-refractivity contribution in [1.29, 1.82) is 0 Å². The Balaban J connectivity index is 1.24. The van der Waals surface area contributed by atoms with E-state index in [-0.39, 0.29) is 12.1 Å². The van der Waals surface area contributed by atoms with E-state index >= 15 is 0 Å². The number of fused-ring (bicyclic) bond motifs is 1. The minimum Gasteiger partial charge on any atom is -0.394 e. The van der Waals surface area contributed by atoms with Crippen LogP contribution in [0.25, 0.3) is 0 Å². The molecular formula is C23H31NO3S. The first-order chi connectivity index (χ1) is 13.6. The van der Waals surface area contributed by atoms with Crippen LogP contribution in [0.4, 0.5) is 0 Å². The minimum absolute atomic E-state index is 0.0878. The monoisotopic (exact) mass is 401 g/mol. The van der Waals surface area contributed by atoms with Gasteiger partial charge in [-0.1, -0.05) is 24.3 Å². The van der Waals surface area contributed by atoms with Crippen LogP contribution in [0.5, 0.6) is 0 Å². The summed E-state index contributed by atoms with van der Waals surface area (Å²) in [6.07, 6.45) is 6.31. The molecule has 3 atom stereocenters. The number of thiophene rings is 1. The van der Waals surface area contributed by atoms with Crippen molar-refractivity contribution in [3.63, 3.8) is 0 Å². The van der Waals surface area contributed by atoms with Crippen LogP contribution in [-0.4, -0.2) is 36.6 Å². The van der Waals surface area contributed by atoms with Crippen LogP contribution in [0.1, 0.15) is 53.2 Å². The summed E-state index contributed by atoms with van der Waals surface area (Å²) >= 11 is 1.73. The fourth-order valence-electron chi connectivity index (χ4n) is 4.56. The highest BCUT2D eigenvalue weighted by Gasteiger charge is 2.36. The lowest BCUT2D eigenvalue weighted by Crippen LogP contribution is -2.40. The van der Waals surface area contributed by atoms with Crippen molar-refractivity contribution < 1.29 is 14.6 Å². The quantitative estimate of drug-likeness (QED) is 0.661. The second-order valence-electron chi connectivity index (χ2n) is 8.36. The largest absolute Gasteiger partial charge is 0.394 e. The number of hydrogen-bond donors (Lipinski definition) is 2. The third-order valence-electron chi connectivity index (χ3n) is 6.25. The predicted molar refractivity (Wildman–Crippen MR) is 113 cm³/mol. The van der Waals surface area contributed by atoms with E-state index in [1.807, 2.05) is 0 Å². The maximum atomic E-state index is 9.52. The molecule has 0 amide bonds. The van der Waals surface area contributed by atoms with Gasteiger partial charge in [0.05, 0.1) is 32.5 Å². The molecule has 0 saturated heterocycles. The zero-order chi connectivity index (χ0) is 19.4. The normalized spacial score (nSPS) is 27.1. The first-order valence-corrected chi connectivity index (χ1v) is 11.3. The molecule has 2 aliphatic rings. The number of aliphatic hydroxyl groups is 1. The third-order valence-corrected chi connectivity index (χ3v) is 7.10. The molecule has 3 N–H and O–H groups in total. The highest BCUT2D eigenvalue weighted by atomic mass is 32.1. The highest BCUT2D eigenvalue weighted by Crippen LogP contribution is 2.40. The minimum atomic E-state index is -0.384. The molecule has 2 aliphatic carbocycles. The summed E-state index contributed by atoms with van der Waals surface area (Å²) in [6.45, 7) is 2.07. The SMILES string of the molecule is N[C@]1(CO)CC[C@H](c2ccc3c(c2)CC[C@@H](OCCOCc2cccs2)C3)C1. The topological polar surface area (TPSA) is 64.7 Å². The Morgan fingerprint density at radius 1 is 1.18 bits per heavy atom. The van der Waals surface area contributed by atoms with Crippen molar-refractivity contribution >= 4 is 11.3 Å². The van der Waals surface area contributed by atoms with E-state index in [1.54, 1.807) is 11.3 Å². The van der Waals surface area contributed by atoms with Crippen LogP contribution >= 0.6 is 11.3 Å². The fourth-order valence-corrected chi connectivity index (χ4v) is 5.20. The van der Waals surface area contributed by atoms with Gasteiger partial charge in [-0.2, -0.15) is 0 Å². The van der Waals surface area contributed by atoms with Crippen LogP contribution in [-0.2, 0) is 28.9 Å². The van der Waals surface area contributed by atoms with Crippen molar-refractivity contribution in [2.24, 2.45) is 5.73 Å². The van der Waals surface area contributed by atoms with Gasteiger partial charge in [-0.25, -0.2) is 0 Å². The Morgan fingerprint density at radius 3 is 2.89 bits per heavy atom. The predicted octanol–water partition coefficient (Wildman–Crippen LogP) is 3.80. The van der Waals surface area contributed by atoms with Crippen molar-refractivity contribution in [3.8, 4) is 0 Å². The van der Waals surface area contributed by atoms with E-state index in [4.69, 9.17) is 15.2 Å². The van der Waals surface area contributed by atoms with Gasteiger partial charge in [0, 0.05) is 10.4 Å². The van der Waals surface area contributed by atoms with Gasteiger partial charge in [0.1, 0.15) is 0 Å². The van der Waals surface area contributed by atoms with E-state index in [0.717, 1.165) is 38.5 Å². The molecule has 152 valence electrons. The van der Waals surface area contributed by atoms with Gasteiger partial charge in [-0.15, -0.1) is 11.3 Å². The Bertz CT molecular complexity index is 763. The van der Waals surface area contributed by atoms with Gasteiger partial charge in [-0.3, -0.25) is 0 Å². The fraction of sp³-hybridized carbons (Fsp3) is 0.565. The maximum absolute atomic E-state index is 9.52. The summed E-state index contributed by atoms with van der Waals surface area (Å²) in [6, 6.07) is 11.1. The Morgan fingerprint density at radius 2 is 2.11 bits per heavy atom. The third kappa shape index (κ3) is 4.84. The van der Waals surface area contributed by atoms with Crippen LogP contribution in [0.3, 0.4) is 0 Å². The molecule has 1 heterocycles. The number of nitrogens with two attached hydrogens (primary N) is 1. The van der Waals surface area contributed by atoms with Crippen molar-refractivity contribution in [2.45, 2.75) is 62.7 Å². The summed E-state index contributed by atoms with van der Waals surface area (Å²) < 4.78 is 11.8. The second-order valence-corrected chi connectivity index (χ2v) is 9.39. The van der Waals surface area contributed by atoms with Gasteiger partial charge in [-0.05, 0) is 72.6 Å². The molecule has 0 unspecified atom stereocenters. The zero-order valence-electron chi connectivity index (χ0n) is 16.4. The molecule has 4 rings (SSSR count). The highest BCUT2D eigenvalue weighted by molar-refractivity contribution is 7.09. The number of ether oxygens (including phenoxy) is 2. The van der Waals surface area contributed by atoms with Crippen LogP contribution in [0, 0.1) is 0 Å². The average Bonchev–Trinajstić information content (AvgIpc) is 3.38. The Kier molecular flexibility index (Phi) is 6.48. The van der Waals surface area contributed by atoms with E-state index < -0.39 is 0 Å². The molecule has 28 heavy (non-hydrogen) atoms. The molecule has 0 aliphatic heterocycles. The Hall–Kier alpha value is -1.24. The summed E-state index contributed by atoms with van der Waals surface area (Å²) in [7, 11) is 0. The maximum Gasteiger partial charge on any atom is 0.0810 e. The number of aryl methyl sites for hydroxylation is 1. The summed E-state index contributed by atoms with van der Waals surface area (Å²) in [5.74, 6) is 0.483. The molecule has 4 nitrogen and oxygen atoms in total. The molecule has 5 heteroatoms. The summed E-state index contributed by atoms with van der Waals surface area (Å²) in [5, 5.41) is 11.6. The van der Waals surface area contributed by atoms with Gasteiger partial charge in [0.15, 0.2) is 0 Å². The lowest BCUT2D eigenvalue weighted by Gasteiger charge is -2.26. The van der Waals surface area contributed by atoms with Crippen LogP contribution in [0.2, 0.25) is 0 Å². The van der Waals surface area contributed by atoms with Crippen molar-refractivity contribution in [2.75, 3.05) is 19.8 Å². The van der Waals surface area contributed by atoms with Gasteiger partial charge in [0.2, 0.25) is 0 Å². The van der Waals surface area contributed by atoms with Crippen molar-refractivity contribution in [1.82, 2.24) is 0 Å². The van der Waals surface area contributed by atoms with Crippen LogP contribution in [0.15, 0.2) is 35.7 Å². The Labute approximate surface area is 171 Å². The first-order valence-electron chi connectivity index (χ1n) is 10.4. The summed E-state index contributed by atoms with van der Waals surface area (Å²) in [5.41, 5.74) is 10.1. The zero-order valence-corrected chi connectivity index (χ0v) is 17.3. The lowest BCUT2D eigenvalue weighted by atomic mass is 9.85. The molecule has 0 bridgehead atoms. The molecule has 0 radical (unpaired) electrons. The van der Waals surface area contributed by atoms with Crippen molar-refractivity contribution in [3.05, 3.63) is 57.3 Å². The number of rotatable bonds is 8. The molecule has 1 fully saturated rings. The second kappa shape index (κ2) is 9.06. The molecule has 1 aromatic heterocycles. The lowest BCUT2D eigenvalue weighted by molar-refractivity contribution is -0.00412. The molecule has 1 aromatic carbocycles. The van der Waals surface area contributed by atoms with Gasteiger partial charge < -0.3 is 20.3 Å². The first kappa shape index (κ1) is 20.0. The average molecular weight is 402 g/mol. The molecular weight excluding hydrogens is 370 g/mol. The number of hydrogen-bond acceptors (Lipinski definition) is 5. The van der Waals surface area contributed by atoms with Gasteiger partial charge >= 0.3 is 0 Å². The van der Waals surface area contributed by atoms with Crippen LogP contribution < -0.4 is 5.73 Å². The molecule has 2 aromatic rings. The smallest absolute Gasteiger partial charge is 0.0810 e. The van der Waals surface area contributed by atoms with E-state index in [2.05, 4.69) is 35.7 Å².